The molecule has 5 nitrogen and oxygen atoms in total. The molecule has 0 saturated carbocycles. The molecule has 1 aromatic heterocycles. The summed E-state index contributed by atoms with van der Waals surface area (Å²) in [5, 5.41) is 1.65. The molecule has 1 aromatic carbocycles. The predicted octanol–water partition coefficient (Wildman–Crippen LogP) is 3.10. The molecular weight excluding hydrogens is 306 g/mol. The van der Waals surface area contributed by atoms with Crippen LogP contribution in [0.3, 0.4) is 0 Å². The van der Waals surface area contributed by atoms with Gasteiger partial charge in [0.15, 0.2) is 5.92 Å². The Balaban J connectivity index is 2.60. The van der Waals surface area contributed by atoms with Crippen molar-refractivity contribution in [3.05, 3.63) is 41.2 Å². The molecule has 6 heteroatoms. The Labute approximate surface area is 133 Å². The second-order valence-corrected chi connectivity index (χ2v) is 4.88. The average molecular weight is 322 g/mol. The molecule has 0 N–H and O–H groups in total. The van der Waals surface area contributed by atoms with Crippen molar-refractivity contribution < 1.29 is 19.1 Å². The molecule has 0 aliphatic carbocycles. The summed E-state index contributed by atoms with van der Waals surface area (Å²) in [6.07, 6.45) is 0. The van der Waals surface area contributed by atoms with Gasteiger partial charge in [-0.2, -0.15) is 0 Å². The molecule has 0 amide bonds. The van der Waals surface area contributed by atoms with E-state index in [1.807, 2.05) is 12.1 Å². The standard InChI is InChI=1S/C16H16ClNO4/c1-3-21-15(19)13(16(20)22-4-2)14-11-8-6-5-7-10(11)9-12(17)18-14/h5-9,13H,3-4H2,1-2H3. The summed E-state index contributed by atoms with van der Waals surface area (Å²) < 4.78 is 9.98. The Morgan fingerprint density at radius 1 is 1.14 bits per heavy atom. The van der Waals surface area contributed by atoms with Crippen LogP contribution in [0.2, 0.25) is 5.15 Å². The van der Waals surface area contributed by atoms with Crippen LogP contribution in [-0.4, -0.2) is 30.1 Å². The van der Waals surface area contributed by atoms with Crippen LogP contribution in [0.15, 0.2) is 30.3 Å². The predicted molar refractivity (Wildman–Crippen MR) is 82.8 cm³/mol. The van der Waals surface area contributed by atoms with Crippen molar-refractivity contribution in [2.24, 2.45) is 0 Å². The number of aromatic nitrogens is 1. The van der Waals surface area contributed by atoms with Crippen molar-refractivity contribution in [1.82, 2.24) is 4.98 Å². The van der Waals surface area contributed by atoms with E-state index in [1.54, 1.807) is 32.0 Å². The Kier molecular flexibility index (Phi) is 5.33. The third-order valence-corrected chi connectivity index (χ3v) is 3.25. The summed E-state index contributed by atoms with van der Waals surface area (Å²) in [4.78, 5) is 28.6. The van der Waals surface area contributed by atoms with Gasteiger partial charge in [-0.05, 0) is 25.3 Å². The number of hydrogen-bond donors (Lipinski definition) is 0. The molecule has 0 fully saturated rings. The van der Waals surface area contributed by atoms with E-state index in [0.717, 1.165) is 5.39 Å². The van der Waals surface area contributed by atoms with E-state index in [9.17, 15) is 9.59 Å². The number of fused-ring (bicyclic) bond motifs is 1. The maximum Gasteiger partial charge on any atom is 0.326 e. The summed E-state index contributed by atoms with van der Waals surface area (Å²) in [5.74, 6) is -2.63. The minimum absolute atomic E-state index is 0.160. The number of benzene rings is 1. The second-order valence-electron chi connectivity index (χ2n) is 4.49. The van der Waals surface area contributed by atoms with Crippen molar-refractivity contribution in [2.75, 3.05) is 13.2 Å². The number of ether oxygens (including phenoxy) is 2. The van der Waals surface area contributed by atoms with E-state index in [4.69, 9.17) is 21.1 Å². The topological polar surface area (TPSA) is 65.5 Å². The molecule has 22 heavy (non-hydrogen) atoms. The van der Waals surface area contributed by atoms with Gasteiger partial charge >= 0.3 is 11.9 Å². The van der Waals surface area contributed by atoms with E-state index in [1.165, 1.54) is 0 Å². The molecule has 0 radical (unpaired) electrons. The lowest BCUT2D eigenvalue weighted by atomic mass is 9.99. The van der Waals surface area contributed by atoms with Gasteiger partial charge < -0.3 is 9.47 Å². The number of rotatable bonds is 5. The molecule has 1 heterocycles. The van der Waals surface area contributed by atoms with Crippen LogP contribution in [0, 0.1) is 0 Å². The molecule has 0 bridgehead atoms. The number of nitrogens with zero attached hydrogens (tertiary/aromatic N) is 1. The monoisotopic (exact) mass is 321 g/mol. The third-order valence-electron chi connectivity index (χ3n) is 3.06. The lowest BCUT2D eigenvalue weighted by Gasteiger charge is -2.16. The second kappa shape index (κ2) is 7.22. The lowest BCUT2D eigenvalue weighted by Crippen LogP contribution is -2.27. The number of hydrogen-bond acceptors (Lipinski definition) is 5. The minimum Gasteiger partial charge on any atom is -0.465 e. The molecule has 0 spiro atoms. The number of halogens is 1. The van der Waals surface area contributed by atoms with E-state index in [0.29, 0.717) is 5.39 Å². The van der Waals surface area contributed by atoms with Gasteiger partial charge in [0, 0.05) is 5.39 Å². The van der Waals surface area contributed by atoms with Gasteiger partial charge in [-0.15, -0.1) is 0 Å². The van der Waals surface area contributed by atoms with E-state index in [2.05, 4.69) is 4.98 Å². The van der Waals surface area contributed by atoms with Gasteiger partial charge in [-0.1, -0.05) is 35.9 Å². The molecule has 0 aliphatic heterocycles. The van der Waals surface area contributed by atoms with Gasteiger partial charge in [0.05, 0.1) is 18.9 Å². The van der Waals surface area contributed by atoms with Crippen molar-refractivity contribution in [1.29, 1.82) is 0 Å². The highest BCUT2D eigenvalue weighted by atomic mass is 35.5. The smallest absolute Gasteiger partial charge is 0.326 e. The zero-order chi connectivity index (χ0) is 16.1. The van der Waals surface area contributed by atoms with Crippen molar-refractivity contribution in [2.45, 2.75) is 19.8 Å². The van der Waals surface area contributed by atoms with Gasteiger partial charge in [-0.3, -0.25) is 9.59 Å². The highest BCUT2D eigenvalue weighted by molar-refractivity contribution is 6.30. The van der Waals surface area contributed by atoms with E-state index < -0.39 is 17.9 Å². The zero-order valence-corrected chi connectivity index (χ0v) is 13.1. The average Bonchev–Trinajstić information content (AvgIpc) is 2.47. The minimum atomic E-state index is -1.25. The van der Waals surface area contributed by atoms with Gasteiger partial charge in [0.1, 0.15) is 5.15 Å². The van der Waals surface area contributed by atoms with Crippen LogP contribution in [-0.2, 0) is 19.1 Å². The van der Waals surface area contributed by atoms with Crippen molar-refractivity contribution in [3.63, 3.8) is 0 Å². The Hall–Kier alpha value is -2.14. The summed E-state index contributed by atoms with van der Waals surface area (Å²) in [6.45, 7) is 3.66. The van der Waals surface area contributed by atoms with Gasteiger partial charge in [-0.25, -0.2) is 4.98 Å². The molecule has 0 aliphatic rings. The quantitative estimate of drug-likeness (QED) is 0.481. The van der Waals surface area contributed by atoms with E-state index in [-0.39, 0.29) is 24.1 Å². The fourth-order valence-corrected chi connectivity index (χ4v) is 2.39. The molecule has 0 atom stereocenters. The first-order valence-electron chi connectivity index (χ1n) is 6.96. The summed E-state index contributed by atoms with van der Waals surface area (Å²) in [7, 11) is 0. The van der Waals surface area contributed by atoms with Crippen LogP contribution in [0.4, 0.5) is 0 Å². The van der Waals surface area contributed by atoms with Crippen molar-refractivity contribution >= 4 is 34.3 Å². The Bertz CT molecular complexity index is 684. The molecule has 2 rings (SSSR count). The molecule has 0 saturated heterocycles. The molecule has 0 unspecified atom stereocenters. The summed E-state index contributed by atoms with van der Waals surface area (Å²) in [6, 6.07) is 8.92. The fraction of sp³-hybridized carbons (Fsp3) is 0.312. The fourth-order valence-electron chi connectivity index (χ4n) is 2.18. The number of esters is 2. The highest BCUT2D eigenvalue weighted by Crippen LogP contribution is 2.28. The lowest BCUT2D eigenvalue weighted by molar-refractivity contribution is -0.157. The van der Waals surface area contributed by atoms with E-state index >= 15 is 0 Å². The van der Waals surface area contributed by atoms with Crippen LogP contribution in [0.1, 0.15) is 25.5 Å². The van der Waals surface area contributed by atoms with Crippen LogP contribution in [0.25, 0.3) is 10.8 Å². The largest absolute Gasteiger partial charge is 0.465 e. The normalized spacial score (nSPS) is 10.7. The molecular formula is C16H16ClNO4. The van der Waals surface area contributed by atoms with Crippen LogP contribution < -0.4 is 0 Å². The zero-order valence-electron chi connectivity index (χ0n) is 12.3. The first-order valence-corrected chi connectivity index (χ1v) is 7.34. The summed E-state index contributed by atoms with van der Waals surface area (Å²) >= 11 is 6.02. The Morgan fingerprint density at radius 3 is 2.32 bits per heavy atom. The van der Waals surface area contributed by atoms with Crippen molar-refractivity contribution in [3.8, 4) is 0 Å². The number of carbonyl (C=O) groups is 2. The van der Waals surface area contributed by atoms with Crippen LogP contribution in [0.5, 0.6) is 0 Å². The van der Waals surface area contributed by atoms with Gasteiger partial charge in [0.2, 0.25) is 0 Å². The first-order chi connectivity index (χ1) is 10.6. The number of carbonyl (C=O) groups excluding carboxylic acids is 2. The third kappa shape index (κ3) is 3.36. The van der Waals surface area contributed by atoms with Gasteiger partial charge in [0.25, 0.3) is 0 Å². The number of pyridine rings is 1. The maximum absolute atomic E-state index is 12.2. The summed E-state index contributed by atoms with van der Waals surface area (Å²) in [5.41, 5.74) is 0.250. The molecule has 116 valence electrons. The molecule has 2 aromatic rings. The SMILES string of the molecule is CCOC(=O)C(C(=O)OCC)c1nc(Cl)cc2ccccc12. The first kappa shape index (κ1) is 16.2. The maximum atomic E-state index is 12.2. The van der Waals surface area contributed by atoms with Crippen LogP contribution >= 0.6 is 11.6 Å². The Morgan fingerprint density at radius 2 is 1.73 bits per heavy atom. The highest BCUT2D eigenvalue weighted by Gasteiger charge is 2.34.